The van der Waals surface area contributed by atoms with E-state index in [4.69, 9.17) is 9.97 Å². The summed E-state index contributed by atoms with van der Waals surface area (Å²) < 4.78 is 0. The Bertz CT molecular complexity index is 4680. The van der Waals surface area contributed by atoms with Crippen molar-refractivity contribution in [3.05, 3.63) is 340 Å². The molecule has 0 radical (unpaired) electrons. The maximum Gasteiger partial charge on any atom is 0.0973 e. The van der Waals surface area contributed by atoms with E-state index in [2.05, 4.69) is 335 Å². The molecular formula is C80H56N6. The molecule has 0 aliphatic carbocycles. The average molecular weight is 1100 g/mol. The lowest BCUT2D eigenvalue weighted by molar-refractivity contribution is 1.25. The Morgan fingerprint density at radius 3 is 0.721 bits per heavy atom. The molecule has 6 nitrogen and oxygen atoms in total. The van der Waals surface area contributed by atoms with Crippen molar-refractivity contribution in [2.75, 3.05) is 19.6 Å². The van der Waals surface area contributed by atoms with Crippen LogP contribution in [0.15, 0.2) is 340 Å². The molecule has 0 saturated heterocycles. The van der Waals surface area contributed by atoms with Crippen LogP contribution < -0.4 is 19.6 Å². The van der Waals surface area contributed by atoms with Gasteiger partial charge in [-0.3, -0.25) is 0 Å². The fraction of sp³-hybridized carbons (Fsp3) is 0. The van der Waals surface area contributed by atoms with Gasteiger partial charge in [0.25, 0.3) is 0 Å². The first-order valence-corrected chi connectivity index (χ1v) is 29.1. The van der Waals surface area contributed by atoms with Gasteiger partial charge in [-0.15, -0.1) is 0 Å². The zero-order chi connectivity index (χ0) is 57.2. The van der Waals surface area contributed by atoms with Gasteiger partial charge >= 0.3 is 0 Å². The van der Waals surface area contributed by atoms with Crippen molar-refractivity contribution in [2.24, 2.45) is 0 Å². The normalized spacial score (nSPS) is 11.3. The highest BCUT2D eigenvalue weighted by Gasteiger charge is 2.22. The molecule has 0 aliphatic heterocycles. The summed E-state index contributed by atoms with van der Waals surface area (Å²) >= 11 is 0. The van der Waals surface area contributed by atoms with Gasteiger partial charge < -0.3 is 19.6 Å². The van der Waals surface area contributed by atoms with Crippen LogP contribution in [0.1, 0.15) is 0 Å². The molecule has 0 fully saturated rings. The standard InChI is InChI=1S/C80H56N6/c1-4-27-62(28-5-1)84(76-38-18-24-57-21-10-13-33-71(57)76)68-47-43-61(44-48-68)80-79(81-74-36-16-17-37-75(74)82-80)60-41-45-65(46-42-60)83(66-49-53-69(54-50-66)85(63-29-6-2-7-30-63)77-39-19-25-58-22-11-14-34-72(58)77)67-51-55-70(56-52-67)86(64-31-8-3-9-32-64)78-40-20-26-59-23-12-15-35-73(59)78/h1-56H. The third-order valence-corrected chi connectivity index (χ3v) is 16.2. The zero-order valence-corrected chi connectivity index (χ0v) is 47.0. The number of benzene rings is 14. The second kappa shape index (κ2) is 22.6. The topological polar surface area (TPSA) is 38.7 Å². The van der Waals surface area contributed by atoms with E-state index in [0.717, 1.165) is 102 Å². The van der Waals surface area contributed by atoms with Crippen molar-refractivity contribution in [1.29, 1.82) is 0 Å². The Morgan fingerprint density at radius 1 is 0.174 bits per heavy atom. The highest BCUT2D eigenvalue weighted by Crippen LogP contribution is 2.46. The van der Waals surface area contributed by atoms with E-state index in [1.54, 1.807) is 0 Å². The summed E-state index contributed by atoms with van der Waals surface area (Å²) in [6.07, 6.45) is 0. The molecule has 1 heterocycles. The molecule has 15 aromatic rings. The molecule has 0 aliphatic rings. The fourth-order valence-electron chi connectivity index (χ4n) is 12.1. The molecule has 86 heavy (non-hydrogen) atoms. The summed E-state index contributed by atoms with van der Waals surface area (Å²) in [7, 11) is 0. The van der Waals surface area contributed by atoms with Gasteiger partial charge in [0.15, 0.2) is 0 Å². The number of fused-ring (bicyclic) bond motifs is 4. The summed E-state index contributed by atoms with van der Waals surface area (Å²) in [6.45, 7) is 0. The monoisotopic (exact) mass is 1100 g/mol. The van der Waals surface area contributed by atoms with Crippen LogP contribution >= 0.6 is 0 Å². The number of rotatable bonds is 14. The minimum atomic E-state index is 0.807. The zero-order valence-electron chi connectivity index (χ0n) is 47.0. The average Bonchev–Trinajstić information content (AvgIpc) is 3.59. The lowest BCUT2D eigenvalue weighted by Gasteiger charge is -2.30. The molecule has 0 unspecified atom stereocenters. The Labute approximate surface area is 500 Å². The lowest BCUT2D eigenvalue weighted by Crippen LogP contribution is -2.13. The van der Waals surface area contributed by atoms with Crippen LogP contribution in [0.5, 0.6) is 0 Å². The Kier molecular flexibility index (Phi) is 13.5. The summed E-state index contributed by atoms with van der Waals surface area (Å²) in [5.41, 5.74) is 17.9. The van der Waals surface area contributed by atoms with Gasteiger partial charge in [-0.2, -0.15) is 0 Å². The number of para-hydroxylation sites is 5. The Hall–Kier alpha value is -11.6. The first kappa shape index (κ1) is 51.3. The second-order valence-corrected chi connectivity index (χ2v) is 21.4. The van der Waals surface area contributed by atoms with Crippen LogP contribution in [0.25, 0.3) is 65.9 Å². The Balaban J connectivity index is 0.836. The highest BCUT2D eigenvalue weighted by molar-refractivity contribution is 6.02. The van der Waals surface area contributed by atoms with Crippen LogP contribution in [0.2, 0.25) is 0 Å². The van der Waals surface area contributed by atoms with Gasteiger partial charge in [0.2, 0.25) is 0 Å². The molecule has 0 bridgehead atoms. The molecule has 0 atom stereocenters. The van der Waals surface area contributed by atoms with E-state index in [0.29, 0.717) is 0 Å². The molecule has 0 N–H and O–H groups in total. The van der Waals surface area contributed by atoms with Crippen molar-refractivity contribution in [3.63, 3.8) is 0 Å². The fourth-order valence-corrected chi connectivity index (χ4v) is 12.1. The highest BCUT2D eigenvalue weighted by atomic mass is 15.2. The lowest BCUT2D eigenvalue weighted by atomic mass is 10.0. The molecule has 0 saturated carbocycles. The minimum Gasteiger partial charge on any atom is -0.311 e. The van der Waals surface area contributed by atoms with Crippen LogP contribution in [0.4, 0.5) is 68.2 Å². The number of hydrogen-bond donors (Lipinski definition) is 0. The van der Waals surface area contributed by atoms with Gasteiger partial charge in [0.1, 0.15) is 0 Å². The summed E-state index contributed by atoms with van der Waals surface area (Å²) in [6, 6.07) is 121. The van der Waals surface area contributed by atoms with Gasteiger partial charge in [-0.1, -0.05) is 200 Å². The van der Waals surface area contributed by atoms with E-state index in [-0.39, 0.29) is 0 Å². The molecule has 406 valence electrons. The smallest absolute Gasteiger partial charge is 0.0973 e. The molecule has 14 aromatic carbocycles. The third kappa shape index (κ3) is 9.77. The number of hydrogen-bond acceptors (Lipinski definition) is 6. The van der Waals surface area contributed by atoms with Crippen molar-refractivity contribution in [1.82, 2.24) is 9.97 Å². The predicted molar refractivity (Wildman–Crippen MR) is 362 cm³/mol. The maximum absolute atomic E-state index is 5.39. The van der Waals surface area contributed by atoms with Crippen LogP contribution in [-0.2, 0) is 0 Å². The van der Waals surface area contributed by atoms with E-state index < -0.39 is 0 Å². The summed E-state index contributed by atoms with van der Waals surface area (Å²) in [5, 5.41) is 7.11. The number of nitrogens with zero attached hydrogens (tertiary/aromatic N) is 6. The molecular weight excluding hydrogens is 1040 g/mol. The second-order valence-electron chi connectivity index (χ2n) is 21.4. The van der Waals surface area contributed by atoms with Gasteiger partial charge in [-0.25, -0.2) is 9.97 Å². The van der Waals surface area contributed by atoms with Gasteiger partial charge in [0, 0.05) is 78.5 Å². The largest absolute Gasteiger partial charge is 0.311 e. The first-order valence-electron chi connectivity index (χ1n) is 29.1. The van der Waals surface area contributed by atoms with Gasteiger partial charge in [0.05, 0.1) is 39.5 Å². The van der Waals surface area contributed by atoms with E-state index in [9.17, 15) is 0 Å². The van der Waals surface area contributed by atoms with Crippen molar-refractivity contribution >= 4 is 112 Å². The molecule has 0 spiro atoms. The number of aromatic nitrogens is 2. The van der Waals surface area contributed by atoms with E-state index in [1.807, 2.05) is 24.3 Å². The van der Waals surface area contributed by atoms with Crippen LogP contribution in [-0.4, -0.2) is 9.97 Å². The van der Waals surface area contributed by atoms with Crippen LogP contribution in [0.3, 0.4) is 0 Å². The molecule has 6 heteroatoms. The molecule has 15 rings (SSSR count). The van der Waals surface area contributed by atoms with Crippen LogP contribution in [0, 0.1) is 0 Å². The number of anilines is 12. The van der Waals surface area contributed by atoms with E-state index >= 15 is 0 Å². The predicted octanol–water partition coefficient (Wildman–Crippen LogP) is 22.3. The van der Waals surface area contributed by atoms with Crippen molar-refractivity contribution in [3.8, 4) is 22.5 Å². The van der Waals surface area contributed by atoms with E-state index in [1.165, 1.54) is 32.3 Å². The maximum atomic E-state index is 5.39. The SMILES string of the molecule is c1ccc(N(c2ccc(-c3nc4ccccc4nc3-c3ccc(N(c4ccc(N(c5ccccc5)c5cccc6ccccc56)cc4)c4ccc(N(c5ccccc5)c5cccc6ccccc56)cc4)cc3)cc2)c2cccc3ccccc23)cc1. The van der Waals surface area contributed by atoms with Crippen molar-refractivity contribution in [2.45, 2.75) is 0 Å². The quantitative estimate of drug-likeness (QED) is 0.108. The first-order chi connectivity index (χ1) is 42.7. The van der Waals surface area contributed by atoms with Crippen molar-refractivity contribution < 1.29 is 0 Å². The third-order valence-electron chi connectivity index (χ3n) is 16.2. The minimum absolute atomic E-state index is 0.807. The summed E-state index contributed by atoms with van der Waals surface area (Å²) in [5.74, 6) is 0. The molecule has 1 aromatic heterocycles. The Morgan fingerprint density at radius 2 is 0.407 bits per heavy atom. The summed E-state index contributed by atoms with van der Waals surface area (Å²) in [4.78, 5) is 20.1. The molecule has 0 amide bonds. The van der Waals surface area contributed by atoms with Gasteiger partial charge in [-0.05, 0) is 156 Å².